The summed E-state index contributed by atoms with van der Waals surface area (Å²) in [5.74, 6) is 0.820. The van der Waals surface area contributed by atoms with Gasteiger partial charge < -0.3 is 4.90 Å². The van der Waals surface area contributed by atoms with Crippen molar-refractivity contribution in [3.05, 3.63) is 216 Å². The van der Waals surface area contributed by atoms with E-state index in [1.54, 1.807) is 0 Å². The summed E-state index contributed by atoms with van der Waals surface area (Å²) in [5, 5.41) is 2.52. The Morgan fingerprint density at radius 2 is 1.27 bits per heavy atom. The van der Waals surface area contributed by atoms with E-state index in [9.17, 15) is 0 Å². The third-order valence-corrected chi connectivity index (χ3v) is 11.8. The van der Waals surface area contributed by atoms with Gasteiger partial charge in [0.05, 0.1) is 5.70 Å². The smallest absolute Gasteiger partial charge is 0.0666 e. The van der Waals surface area contributed by atoms with Gasteiger partial charge in [-0.15, -0.1) is 0 Å². The lowest BCUT2D eigenvalue weighted by atomic mass is 9.89. The van der Waals surface area contributed by atoms with Crippen LogP contribution in [0.1, 0.15) is 59.4 Å². The van der Waals surface area contributed by atoms with Crippen LogP contribution in [0.15, 0.2) is 193 Å². The summed E-state index contributed by atoms with van der Waals surface area (Å²) in [7, 11) is 0. The lowest BCUT2D eigenvalue weighted by Crippen LogP contribution is -2.14. The second-order valence-electron chi connectivity index (χ2n) is 15.4. The molecular formula is C54H44N2. The van der Waals surface area contributed by atoms with Crippen molar-refractivity contribution in [3.63, 3.8) is 0 Å². The largest absolute Gasteiger partial charge is 0.311 e. The van der Waals surface area contributed by atoms with Gasteiger partial charge in [-0.1, -0.05) is 146 Å². The Hall–Kier alpha value is -6.51. The van der Waals surface area contributed by atoms with Crippen LogP contribution < -0.4 is 4.90 Å². The molecule has 0 bridgehead atoms. The number of hydrogen-bond donors (Lipinski definition) is 0. The van der Waals surface area contributed by atoms with Crippen molar-refractivity contribution in [2.75, 3.05) is 4.90 Å². The van der Waals surface area contributed by atoms with Crippen molar-refractivity contribution in [3.8, 4) is 11.1 Å². The molecule has 0 saturated heterocycles. The molecule has 0 radical (unpaired) electrons. The van der Waals surface area contributed by atoms with Gasteiger partial charge in [0.15, 0.2) is 0 Å². The van der Waals surface area contributed by atoms with E-state index in [-0.39, 0.29) is 0 Å². The summed E-state index contributed by atoms with van der Waals surface area (Å²) < 4.78 is 0. The Morgan fingerprint density at radius 1 is 0.536 bits per heavy atom. The Bertz CT molecular complexity index is 2640. The second kappa shape index (κ2) is 15.0. The van der Waals surface area contributed by atoms with E-state index < -0.39 is 0 Å². The predicted molar refractivity (Wildman–Crippen MR) is 239 cm³/mol. The van der Waals surface area contributed by atoms with E-state index in [1.165, 1.54) is 49.7 Å². The SMILES string of the molecule is C1=CC2=NC(c3ccc(N(c4ccc(C5=CCC[C@H](c6ccc7c(c6)CCC=C7)C=C5)cc4)c4ccc(-c5ccc6ccccc6c5)cc4)cc3)=CCC2C=C1. The Balaban J connectivity index is 0.946. The third kappa shape index (κ3) is 6.84. The maximum atomic E-state index is 5.03. The van der Waals surface area contributed by atoms with Crippen molar-refractivity contribution in [1.29, 1.82) is 0 Å². The zero-order chi connectivity index (χ0) is 37.3. The van der Waals surface area contributed by atoms with Gasteiger partial charge in [0.1, 0.15) is 0 Å². The van der Waals surface area contributed by atoms with Gasteiger partial charge in [0.25, 0.3) is 0 Å². The fourth-order valence-electron chi connectivity index (χ4n) is 8.68. The Morgan fingerprint density at radius 3 is 2.07 bits per heavy atom. The van der Waals surface area contributed by atoms with Gasteiger partial charge in [-0.05, 0) is 136 Å². The van der Waals surface area contributed by atoms with Crippen LogP contribution in [0.25, 0.3) is 39.2 Å². The fourth-order valence-corrected chi connectivity index (χ4v) is 8.68. The molecule has 0 N–H and O–H groups in total. The van der Waals surface area contributed by atoms with E-state index in [1.807, 2.05) is 0 Å². The van der Waals surface area contributed by atoms with Crippen molar-refractivity contribution in [1.82, 2.24) is 0 Å². The first kappa shape index (κ1) is 34.0. The first-order valence-electron chi connectivity index (χ1n) is 20.1. The van der Waals surface area contributed by atoms with Gasteiger partial charge in [-0.25, -0.2) is 0 Å². The molecule has 1 heterocycles. The standard InChI is InChI=1S/C54H44N2/c1-3-11-46-36-48(20-18-39(46)8-1)41-14-7-13-38(16-17-41)42-22-29-50(30-23-42)56(51-31-24-43(25-32-51)49-21-19-40-9-2-4-12-47(40)37-49)52-33-26-45(27-34-52)54-35-28-44-10-5-6-15-53(44)55-54/h1-2,4-6,8-10,12-13,15-27,29-37,41,44H,3,7,11,14,28H2/t41-,44?/m0/s1. The highest BCUT2D eigenvalue weighted by Gasteiger charge is 2.20. The van der Waals surface area contributed by atoms with E-state index in [0.717, 1.165) is 66.1 Å². The molecule has 6 aromatic rings. The Labute approximate surface area is 330 Å². The molecule has 1 aliphatic heterocycles. The molecule has 270 valence electrons. The lowest BCUT2D eigenvalue weighted by molar-refractivity contribution is 0.754. The Kier molecular flexibility index (Phi) is 9.09. The number of aryl methyl sites for hydroxylation is 1. The van der Waals surface area contributed by atoms with Gasteiger partial charge in [-0.2, -0.15) is 0 Å². The number of allylic oxidation sites excluding steroid dienone is 10. The summed E-state index contributed by atoms with van der Waals surface area (Å²) in [6, 6.07) is 49.4. The number of benzene rings is 6. The van der Waals surface area contributed by atoms with E-state index in [2.05, 4.69) is 199 Å². The molecule has 6 aromatic carbocycles. The molecule has 56 heavy (non-hydrogen) atoms. The molecule has 1 unspecified atom stereocenters. The molecule has 0 spiro atoms. The molecule has 3 aliphatic carbocycles. The van der Waals surface area contributed by atoms with Crippen LogP contribution in [-0.4, -0.2) is 5.71 Å². The third-order valence-electron chi connectivity index (χ3n) is 11.8. The quantitative estimate of drug-likeness (QED) is 0.160. The molecule has 2 atom stereocenters. The maximum Gasteiger partial charge on any atom is 0.0666 e. The molecule has 4 aliphatic rings. The molecule has 0 amide bonds. The van der Waals surface area contributed by atoms with Gasteiger partial charge in [-0.3, -0.25) is 4.99 Å². The van der Waals surface area contributed by atoms with Crippen molar-refractivity contribution >= 4 is 50.9 Å². The van der Waals surface area contributed by atoms with Crippen molar-refractivity contribution < 1.29 is 0 Å². The molecule has 0 fully saturated rings. The minimum Gasteiger partial charge on any atom is -0.311 e. The van der Waals surface area contributed by atoms with Crippen LogP contribution in [0.5, 0.6) is 0 Å². The van der Waals surface area contributed by atoms with E-state index in [4.69, 9.17) is 4.99 Å². The summed E-state index contributed by atoms with van der Waals surface area (Å²) in [5.41, 5.74) is 16.0. The molecule has 0 aromatic heterocycles. The maximum absolute atomic E-state index is 5.03. The van der Waals surface area contributed by atoms with Crippen molar-refractivity contribution in [2.24, 2.45) is 10.9 Å². The normalized spacial score (nSPS) is 18.4. The fraction of sp³-hybridized carbons (Fsp3) is 0.130. The number of aliphatic imine (C=N–C) groups is 1. The average molecular weight is 721 g/mol. The highest BCUT2D eigenvalue weighted by atomic mass is 15.1. The van der Waals surface area contributed by atoms with E-state index >= 15 is 0 Å². The molecular weight excluding hydrogens is 677 g/mol. The summed E-state index contributed by atoms with van der Waals surface area (Å²) in [4.78, 5) is 7.40. The van der Waals surface area contributed by atoms with Gasteiger partial charge >= 0.3 is 0 Å². The summed E-state index contributed by atoms with van der Waals surface area (Å²) in [6.07, 6.45) is 28.1. The van der Waals surface area contributed by atoms with E-state index in [0.29, 0.717) is 11.8 Å². The highest BCUT2D eigenvalue weighted by Crippen LogP contribution is 2.39. The first-order valence-corrected chi connectivity index (χ1v) is 20.1. The van der Waals surface area contributed by atoms with Crippen LogP contribution in [0, 0.1) is 5.92 Å². The van der Waals surface area contributed by atoms with Gasteiger partial charge in [0.2, 0.25) is 0 Å². The number of anilines is 3. The first-order chi connectivity index (χ1) is 27.7. The number of hydrogen-bond acceptors (Lipinski definition) is 2. The predicted octanol–water partition coefficient (Wildman–Crippen LogP) is 14.4. The van der Waals surface area contributed by atoms with Crippen LogP contribution in [0.4, 0.5) is 17.1 Å². The monoisotopic (exact) mass is 720 g/mol. The molecule has 10 rings (SSSR count). The number of nitrogens with zero attached hydrogens (tertiary/aromatic N) is 2. The van der Waals surface area contributed by atoms with Crippen LogP contribution in [0.2, 0.25) is 0 Å². The minimum absolute atomic E-state index is 0.386. The van der Waals surface area contributed by atoms with Crippen LogP contribution in [0.3, 0.4) is 0 Å². The molecule has 2 nitrogen and oxygen atoms in total. The highest BCUT2D eigenvalue weighted by molar-refractivity contribution is 6.03. The topological polar surface area (TPSA) is 15.6 Å². The zero-order valence-corrected chi connectivity index (χ0v) is 31.6. The van der Waals surface area contributed by atoms with Crippen LogP contribution >= 0.6 is 0 Å². The molecule has 2 heteroatoms. The molecule has 0 saturated carbocycles. The minimum atomic E-state index is 0.386. The van der Waals surface area contributed by atoms with Crippen LogP contribution in [-0.2, 0) is 6.42 Å². The summed E-state index contributed by atoms with van der Waals surface area (Å²) >= 11 is 0. The number of fused-ring (bicyclic) bond motifs is 3. The second-order valence-corrected chi connectivity index (χ2v) is 15.4. The average Bonchev–Trinajstić information content (AvgIpc) is 3.53. The summed E-state index contributed by atoms with van der Waals surface area (Å²) in [6.45, 7) is 0. The zero-order valence-electron chi connectivity index (χ0n) is 31.6. The van der Waals surface area contributed by atoms with Crippen molar-refractivity contribution in [2.45, 2.75) is 38.0 Å². The lowest BCUT2D eigenvalue weighted by Gasteiger charge is -2.26. The number of rotatable bonds is 7. The van der Waals surface area contributed by atoms with Gasteiger partial charge in [0, 0.05) is 34.6 Å².